The van der Waals surface area contributed by atoms with Gasteiger partial charge in [-0.3, -0.25) is 9.48 Å². The van der Waals surface area contributed by atoms with E-state index in [9.17, 15) is 4.79 Å². The molecule has 0 radical (unpaired) electrons. The summed E-state index contributed by atoms with van der Waals surface area (Å²) in [6.45, 7) is 0.801. The molecule has 1 aromatic carbocycles. The van der Waals surface area contributed by atoms with Crippen LogP contribution in [0.5, 0.6) is 0 Å². The maximum absolute atomic E-state index is 12.0. The zero-order valence-corrected chi connectivity index (χ0v) is 11.7. The lowest BCUT2D eigenvalue weighted by molar-refractivity contribution is -0.117. The smallest absolute Gasteiger partial charge is 0.227 e. The lowest BCUT2D eigenvalue weighted by atomic mass is 10.2. The van der Waals surface area contributed by atoms with Crippen LogP contribution in [-0.4, -0.2) is 27.6 Å². The van der Waals surface area contributed by atoms with Gasteiger partial charge in [-0.25, -0.2) is 0 Å². The van der Waals surface area contributed by atoms with Gasteiger partial charge in [0.1, 0.15) is 0 Å². The van der Waals surface area contributed by atoms with Crippen molar-refractivity contribution in [3.05, 3.63) is 24.4 Å². The van der Waals surface area contributed by atoms with Crippen LogP contribution in [0.4, 0.5) is 5.69 Å². The van der Waals surface area contributed by atoms with E-state index >= 15 is 0 Å². The molecule has 1 atom stereocenters. The highest BCUT2D eigenvalue weighted by molar-refractivity contribution is 9.09. The van der Waals surface area contributed by atoms with Gasteiger partial charge in [-0.05, 0) is 24.1 Å². The number of nitrogens with zero attached hydrogens (tertiary/aromatic N) is 3. The number of hydrogen-bond acceptors (Lipinski definition) is 2. The van der Waals surface area contributed by atoms with E-state index in [4.69, 9.17) is 0 Å². The minimum atomic E-state index is 0.211. The first kappa shape index (κ1) is 11.7. The topological polar surface area (TPSA) is 38.1 Å². The van der Waals surface area contributed by atoms with Crippen molar-refractivity contribution < 1.29 is 4.79 Å². The summed E-state index contributed by atoms with van der Waals surface area (Å²) in [5, 5.41) is 6.29. The Morgan fingerprint density at radius 1 is 1.50 bits per heavy atom. The highest BCUT2D eigenvalue weighted by atomic mass is 79.9. The number of aryl methyl sites for hydroxylation is 1. The Bertz CT molecular complexity index is 607. The second kappa shape index (κ2) is 4.39. The van der Waals surface area contributed by atoms with Crippen LogP contribution in [-0.2, 0) is 11.8 Å². The molecule has 0 bridgehead atoms. The molecule has 0 spiro atoms. The van der Waals surface area contributed by atoms with E-state index in [1.165, 1.54) is 0 Å². The van der Waals surface area contributed by atoms with E-state index in [0.717, 1.165) is 28.5 Å². The molecular weight excluding hydrogens is 294 g/mol. The highest BCUT2D eigenvalue weighted by Crippen LogP contribution is 2.28. The van der Waals surface area contributed by atoms with Crippen molar-refractivity contribution >= 4 is 38.4 Å². The second-order valence-electron chi connectivity index (χ2n) is 4.77. The Morgan fingerprint density at radius 2 is 2.33 bits per heavy atom. The van der Waals surface area contributed by atoms with Crippen LogP contribution in [0.25, 0.3) is 10.9 Å². The van der Waals surface area contributed by atoms with E-state index in [0.29, 0.717) is 12.3 Å². The van der Waals surface area contributed by atoms with Crippen LogP contribution in [0.3, 0.4) is 0 Å². The van der Waals surface area contributed by atoms with Gasteiger partial charge >= 0.3 is 0 Å². The minimum absolute atomic E-state index is 0.211. The van der Waals surface area contributed by atoms with Crippen molar-refractivity contribution in [1.29, 1.82) is 0 Å². The lowest BCUT2D eigenvalue weighted by Gasteiger charge is -2.16. The third kappa shape index (κ3) is 1.92. The van der Waals surface area contributed by atoms with Gasteiger partial charge in [-0.2, -0.15) is 5.10 Å². The van der Waals surface area contributed by atoms with E-state index in [1.54, 1.807) is 4.68 Å². The Morgan fingerprint density at radius 3 is 3.06 bits per heavy atom. The maximum atomic E-state index is 12.0. The zero-order valence-electron chi connectivity index (χ0n) is 10.1. The molecule has 5 heteroatoms. The van der Waals surface area contributed by atoms with Crippen LogP contribution < -0.4 is 4.90 Å². The number of rotatable bonds is 2. The SMILES string of the molecule is Cn1cc2cc(N3CC(CBr)CC3=O)ccc2n1. The number of hydrogen-bond donors (Lipinski definition) is 0. The number of aromatic nitrogens is 2. The van der Waals surface area contributed by atoms with Gasteiger partial charge in [-0.15, -0.1) is 0 Å². The number of anilines is 1. The van der Waals surface area contributed by atoms with E-state index in [2.05, 4.69) is 21.0 Å². The fourth-order valence-electron chi connectivity index (χ4n) is 2.44. The first-order valence-electron chi connectivity index (χ1n) is 5.97. The average Bonchev–Trinajstić information content (AvgIpc) is 2.89. The van der Waals surface area contributed by atoms with Crippen molar-refractivity contribution in [2.24, 2.45) is 13.0 Å². The number of alkyl halides is 1. The summed E-state index contributed by atoms with van der Waals surface area (Å²) >= 11 is 3.45. The summed E-state index contributed by atoms with van der Waals surface area (Å²) in [5.41, 5.74) is 1.94. The maximum Gasteiger partial charge on any atom is 0.227 e. The highest BCUT2D eigenvalue weighted by Gasteiger charge is 2.29. The molecule has 1 unspecified atom stereocenters. The summed E-state index contributed by atoms with van der Waals surface area (Å²) in [6, 6.07) is 5.99. The fourth-order valence-corrected chi connectivity index (χ4v) is 2.87. The molecule has 4 nitrogen and oxygen atoms in total. The van der Waals surface area contributed by atoms with Gasteiger partial charge < -0.3 is 4.90 Å². The van der Waals surface area contributed by atoms with Gasteiger partial charge in [0.15, 0.2) is 0 Å². The third-order valence-corrected chi connectivity index (χ3v) is 4.25. The molecule has 1 aromatic heterocycles. The number of halogens is 1. The standard InChI is InChI=1S/C13H14BrN3O/c1-16-8-10-5-11(2-3-12(10)15-16)17-7-9(6-14)4-13(17)18/h2-3,5,8-9H,4,6-7H2,1H3. The predicted molar refractivity (Wildman–Crippen MR) is 75.0 cm³/mol. The molecule has 3 rings (SSSR count). The average molecular weight is 308 g/mol. The van der Waals surface area contributed by atoms with Gasteiger partial charge in [0.2, 0.25) is 5.91 Å². The van der Waals surface area contributed by atoms with E-state index in [-0.39, 0.29) is 5.91 Å². The molecule has 2 aromatic rings. The van der Waals surface area contributed by atoms with E-state index < -0.39 is 0 Å². The second-order valence-corrected chi connectivity index (χ2v) is 5.42. The molecule has 1 fully saturated rings. The molecule has 0 aliphatic carbocycles. The summed E-state index contributed by atoms with van der Waals surface area (Å²) in [5.74, 6) is 0.629. The zero-order chi connectivity index (χ0) is 12.7. The molecule has 0 N–H and O–H groups in total. The normalized spacial score (nSPS) is 20.0. The van der Waals surface area contributed by atoms with Gasteiger partial charge in [-0.1, -0.05) is 15.9 Å². The van der Waals surface area contributed by atoms with Crippen molar-refractivity contribution in [3.8, 4) is 0 Å². The first-order valence-corrected chi connectivity index (χ1v) is 7.09. The van der Waals surface area contributed by atoms with Crippen molar-refractivity contribution in [2.75, 3.05) is 16.8 Å². The van der Waals surface area contributed by atoms with Crippen LogP contribution in [0.15, 0.2) is 24.4 Å². The number of carbonyl (C=O) groups is 1. The summed E-state index contributed by atoms with van der Waals surface area (Å²) in [7, 11) is 1.90. The number of benzene rings is 1. The van der Waals surface area contributed by atoms with Crippen LogP contribution in [0, 0.1) is 5.92 Å². The van der Waals surface area contributed by atoms with Gasteiger partial charge in [0.05, 0.1) is 5.52 Å². The summed E-state index contributed by atoms with van der Waals surface area (Å²) in [4.78, 5) is 13.8. The molecule has 1 amide bonds. The van der Waals surface area contributed by atoms with Crippen molar-refractivity contribution in [3.63, 3.8) is 0 Å². The molecule has 2 heterocycles. The molecule has 1 aliphatic rings. The first-order chi connectivity index (χ1) is 8.67. The summed E-state index contributed by atoms with van der Waals surface area (Å²) in [6.07, 6.45) is 2.61. The Balaban J connectivity index is 1.96. The number of fused-ring (bicyclic) bond motifs is 1. The van der Waals surface area contributed by atoms with Crippen molar-refractivity contribution in [1.82, 2.24) is 9.78 Å². The van der Waals surface area contributed by atoms with Gasteiger partial charge in [0.25, 0.3) is 0 Å². The van der Waals surface area contributed by atoms with E-state index in [1.807, 2.05) is 36.3 Å². The predicted octanol–water partition coefficient (Wildman–Crippen LogP) is 2.32. The molecule has 18 heavy (non-hydrogen) atoms. The molecule has 1 saturated heterocycles. The lowest BCUT2D eigenvalue weighted by Crippen LogP contribution is -2.24. The van der Waals surface area contributed by atoms with Crippen LogP contribution in [0.1, 0.15) is 6.42 Å². The summed E-state index contributed by atoms with van der Waals surface area (Å²) < 4.78 is 1.79. The quantitative estimate of drug-likeness (QED) is 0.799. The largest absolute Gasteiger partial charge is 0.312 e. The van der Waals surface area contributed by atoms with Crippen LogP contribution >= 0.6 is 15.9 Å². The van der Waals surface area contributed by atoms with Crippen LogP contribution in [0.2, 0.25) is 0 Å². The molecule has 0 saturated carbocycles. The third-order valence-electron chi connectivity index (χ3n) is 3.34. The number of amides is 1. The monoisotopic (exact) mass is 307 g/mol. The van der Waals surface area contributed by atoms with Crippen molar-refractivity contribution in [2.45, 2.75) is 6.42 Å². The molecule has 1 aliphatic heterocycles. The Kier molecular flexibility index (Phi) is 2.86. The Labute approximate surface area is 114 Å². The minimum Gasteiger partial charge on any atom is -0.312 e. The van der Waals surface area contributed by atoms with Gasteiger partial charge in [0, 0.05) is 42.6 Å². The Hall–Kier alpha value is -1.36. The molecular formula is C13H14BrN3O. The fraction of sp³-hybridized carbons (Fsp3) is 0.385. The molecule has 94 valence electrons. The number of carbonyl (C=O) groups excluding carboxylic acids is 1.